The Bertz CT molecular complexity index is 837. The Morgan fingerprint density at radius 3 is 2.87 bits per heavy atom. The molecule has 3 rings (SSSR count). The van der Waals surface area contributed by atoms with E-state index >= 15 is 0 Å². The Morgan fingerprint density at radius 2 is 2.13 bits per heavy atom. The highest BCUT2D eigenvalue weighted by atomic mass is 16.5. The summed E-state index contributed by atoms with van der Waals surface area (Å²) in [4.78, 5) is 15.8. The van der Waals surface area contributed by atoms with E-state index in [2.05, 4.69) is 11.1 Å². The van der Waals surface area contributed by atoms with Gasteiger partial charge < -0.3 is 9.47 Å². The monoisotopic (exact) mass is 308 g/mol. The van der Waals surface area contributed by atoms with Gasteiger partial charge in [-0.15, -0.1) is 0 Å². The van der Waals surface area contributed by atoms with Crippen LogP contribution in [-0.2, 0) is 4.79 Å². The van der Waals surface area contributed by atoms with Crippen molar-refractivity contribution in [1.82, 2.24) is 4.98 Å². The first-order valence-electron chi connectivity index (χ1n) is 7.38. The maximum absolute atomic E-state index is 11.6. The molecule has 0 fully saturated rings. The molecule has 116 valence electrons. The number of aromatic nitrogens is 1. The molecule has 0 amide bonds. The van der Waals surface area contributed by atoms with E-state index in [4.69, 9.17) is 9.47 Å². The molecule has 0 N–H and O–H groups in total. The van der Waals surface area contributed by atoms with E-state index in [1.54, 1.807) is 19.1 Å². The van der Waals surface area contributed by atoms with Crippen LogP contribution in [0.4, 0.5) is 0 Å². The van der Waals surface area contributed by atoms with E-state index in [1.165, 1.54) is 0 Å². The lowest BCUT2D eigenvalue weighted by molar-refractivity contribution is -0.135. The maximum atomic E-state index is 11.6. The van der Waals surface area contributed by atoms with Crippen molar-refractivity contribution in [2.75, 3.05) is 0 Å². The minimum Gasteiger partial charge on any atom is -0.456 e. The molecule has 0 spiro atoms. The number of esters is 1. The number of fused-ring (bicyclic) bond motifs is 1. The van der Waals surface area contributed by atoms with Gasteiger partial charge in [-0.2, -0.15) is 5.26 Å². The fourth-order valence-electron chi connectivity index (χ4n) is 2.73. The molecule has 1 aliphatic heterocycles. The first-order valence-corrected chi connectivity index (χ1v) is 7.38. The summed E-state index contributed by atoms with van der Waals surface area (Å²) < 4.78 is 11.1. The number of ether oxygens (including phenoxy) is 2. The van der Waals surface area contributed by atoms with Gasteiger partial charge in [0, 0.05) is 17.8 Å². The quantitative estimate of drug-likeness (QED) is 0.623. The minimum absolute atomic E-state index is 0.125. The van der Waals surface area contributed by atoms with E-state index in [1.807, 2.05) is 26.0 Å². The highest BCUT2D eigenvalue weighted by Gasteiger charge is 2.24. The number of nitrogens with zero attached hydrogens (tertiary/aromatic N) is 2. The predicted octanol–water partition coefficient (Wildman–Crippen LogP) is 3.78. The molecule has 1 aromatic heterocycles. The highest BCUT2D eigenvalue weighted by Crippen LogP contribution is 2.38. The molecule has 5 nitrogen and oxygen atoms in total. The summed E-state index contributed by atoms with van der Waals surface area (Å²) in [6, 6.07) is 9.24. The average Bonchev–Trinajstić information content (AvgIpc) is 2.46. The Morgan fingerprint density at radius 1 is 1.35 bits per heavy atom. The van der Waals surface area contributed by atoms with Gasteiger partial charge in [-0.1, -0.05) is 13.0 Å². The van der Waals surface area contributed by atoms with Crippen molar-refractivity contribution in [3.63, 3.8) is 0 Å². The molecule has 1 unspecified atom stereocenters. The largest absolute Gasteiger partial charge is 0.456 e. The number of hydrogen-bond donors (Lipinski definition) is 0. The van der Waals surface area contributed by atoms with Crippen LogP contribution in [0, 0.1) is 25.2 Å². The van der Waals surface area contributed by atoms with Crippen molar-refractivity contribution in [1.29, 1.82) is 5.26 Å². The van der Waals surface area contributed by atoms with Crippen molar-refractivity contribution >= 4 is 5.97 Å². The van der Waals surface area contributed by atoms with Crippen molar-refractivity contribution in [2.45, 2.75) is 33.1 Å². The molecule has 1 aliphatic rings. The van der Waals surface area contributed by atoms with Gasteiger partial charge >= 0.3 is 5.97 Å². The van der Waals surface area contributed by atoms with Crippen LogP contribution in [-0.4, -0.2) is 11.0 Å². The molecule has 5 heteroatoms. The third kappa shape index (κ3) is 2.88. The zero-order chi connectivity index (χ0) is 16.6. The van der Waals surface area contributed by atoms with Gasteiger partial charge in [-0.3, -0.25) is 9.78 Å². The summed E-state index contributed by atoms with van der Waals surface area (Å²) in [6.45, 7) is 5.61. The number of rotatable bonds is 2. The molecule has 23 heavy (non-hydrogen) atoms. The van der Waals surface area contributed by atoms with Crippen LogP contribution >= 0.6 is 0 Å². The minimum atomic E-state index is -0.240. The van der Waals surface area contributed by atoms with Crippen LogP contribution in [0.2, 0.25) is 0 Å². The molecule has 1 aromatic carbocycles. The second-order valence-electron chi connectivity index (χ2n) is 5.71. The third-order valence-electron chi connectivity index (χ3n) is 3.84. The van der Waals surface area contributed by atoms with Gasteiger partial charge in [-0.05, 0) is 31.4 Å². The summed E-state index contributed by atoms with van der Waals surface area (Å²) in [5, 5.41) is 9.29. The van der Waals surface area contributed by atoms with Crippen LogP contribution in [0.3, 0.4) is 0 Å². The van der Waals surface area contributed by atoms with Crippen molar-refractivity contribution < 1.29 is 14.3 Å². The van der Waals surface area contributed by atoms with Crippen LogP contribution < -0.4 is 9.47 Å². The Labute approximate surface area is 134 Å². The van der Waals surface area contributed by atoms with Crippen LogP contribution in [0.25, 0.3) is 0 Å². The van der Waals surface area contributed by atoms with E-state index in [0.717, 1.165) is 11.3 Å². The third-order valence-corrected chi connectivity index (χ3v) is 3.84. The van der Waals surface area contributed by atoms with Gasteiger partial charge in [-0.25, -0.2) is 0 Å². The van der Waals surface area contributed by atoms with E-state index in [0.29, 0.717) is 34.9 Å². The van der Waals surface area contributed by atoms with Crippen LogP contribution in [0.1, 0.15) is 41.8 Å². The Hall–Kier alpha value is -2.87. The number of nitriles is 1. The van der Waals surface area contributed by atoms with Gasteiger partial charge in [0.25, 0.3) is 0 Å². The summed E-state index contributed by atoms with van der Waals surface area (Å²) >= 11 is 0. The molecular weight excluding hydrogens is 292 g/mol. The average molecular weight is 308 g/mol. The van der Waals surface area contributed by atoms with Gasteiger partial charge in [0.05, 0.1) is 12.1 Å². The Balaban J connectivity index is 1.98. The molecule has 0 radical (unpaired) electrons. The molecule has 0 bridgehead atoms. The van der Waals surface area contributed by atoms with Gasteiger partial charge in [0.1, 0.15) is 28.9 Å². The molecule has 1 atom stereocenters. The normalized spacial score (nSPS) is 16.3. The first-order chi connectivity index (χ1) is 11.0. The standard InChI is InChI=1S/C18H16N2O3/c1-10-6-18(21)23-17-8-13(4-5-14(10)17)22-16-7-11(2)20-12(3)15(16)9-19/h4-5,7-8,10H,6H2,1-3H3. The predicted molar refractivity (Wildman–Crippen MR) is 83.6 cm³/mol. The number of carbonyl (C=O) groups excluding carboxylic acids is 1. The fraction of sp³-hybridized carbons (Fsp3) is 0.278. The van der Waals surface area contributed by atoms with E-state index in [-0.39, 0.29) is 11.9 Å². The second kappa shape index (κ2) is 5.73. The number of pyridine rings is 1. The highest BCUT2D eigenvalue weighted by molar-refractivity contribution is 5.76. The second-order valence-corrected chi connectivity index (χ2v) is 5.71. The molecule has 2 aromatic rings. The van der Waals surface area contributed by atoms with E-state index in [9.17, 15) is 10.1 Å². The lowest BCUT2D eigenvalue weighted by Crippen LogP contribution is -2.18. The topological polar surface area (TPSA) is 72.2 Å². The van der Waals surface area contributed by atoms with Gasteiger partial charge in [0.15, 0.2) is 0 Å². The lowest BCUT2D eigenvalue weighted by Gasteiger charge is -2.22. The van der Waals surface area contributed by atoms with Gasteiger partial charge in [0.2, 0.25) is 0 Å². The number of carbonyl (C=O) groups is 1. The number of aryl methyl sites for hydroxylation is 2. The molecule has 0 saturated carbocycles. The number of benzene rings is 1. The first kappa shape index (κ1) is 15.0. The Kier molecular flexibility index (Phi) is 3.75. The zero-order valence-corrected chi connectivity index (χ0v) is 13.2. The SMILES string of the molecule is Cc1cc(Oc2ccc3c(c2)OC(=O)CC3C)c(C#N)c(C)n1. The molecule has 0 saturated heterocycles. The number of hydrogen-bond acceptors (Lipinski definition) is 5. The molecule has 0 aliphatic carbocycles. The molecular formula is C18H16N2O3. The van der Waals surface area contributed by atoms with E-state index < -0.39 is 0 Å². The maximum Gasteiger partial charge on any atom is 0.311 e. The zero-order valence-electron chi connectivity index (χ0n) is 13.2. The lowest BCUT2D eigenvalue weighted by atomic mass is 9.95. The van der Waals surface area contributed by atoms with Crippen molar-refractivity contribution in [2.24, 2.45) is 0 Å². The molecule has 2 heterocycles. The van der Waals surface area contributed by atoms with Crippen molar-refractivity contribution in [3.8, 4) is 23.3 Å². The van der Waals surface area contributed by atoms with Crippen LogP contribution in [0.5, 0.6) is 17.2 Å². The summed E-state index contributed by atoms with van der Waals surface area (Å²) in [6.07, 6.45) is 0.383. The summed E-state index contributed by atoms with van der Waals surface area (Å²) in [5.41, 5.74) is 2.79. The smallest absolute Gasteiger partial charge is 0.311 e. The van der Waals surface area contributed by atoms with Crippen LogP contribution in [0.15, 0.2) is 24.3 Å². The summed E-state index contributed by atoms with van der Waals surface area (Å²) in [7, 11) is 0. The summed E-state index contributed by atoms with van der Waals surface area (Å²) in [5.74, 6) is 1.38. The van der Waals surface area contributed by atoms with Crippen molar-refractivity contribution in [3.05, 3.63) is 46.8 Å². The fourth-order valence-corrected chi connectivity index (χ4v) is 2.73.